The van der Waals surface area contributed by atoms with Gasteiger partial charge in [-0.1, -0.05) is 0 Å². The van der Waals surface area contributed by atoms with E-state index >= 15 is 0 Å². The first-order valence-corrected chi connectivity index (χ1v) is 11.9. The number of benzene rings is 2. The average Bonchev–Trinajstić information content (AvgIpc) is 3.25. The van der Waals surface area contributed by atoms with Crippen LogP contribution < -0.4 is 15.7 Å². The minimum atomic E-state index is -1.20. The number of fused-ring (bicyclic) bond motifs is 4. The molecule has 2 atom stereocenters. The van der Waals surface area contributed by atoms with E-state index in [0.717, 1.165) is 41.3 Å². The number of phenols is 1. The SMILES string of the molecule is C[C@H](Oc1ccc2c3c(c(=O)oc2c1)CCCC3)C(=O)N[C@@H](Cc1c[nH]c2ccc(O)cc12)C(=O)O. The van der Waals surface area contributed by atoms with Crippen molar-refractivity contribution in [1.29, 1.82) is 0 Å². The summed E-state index contributed by atoms with van der Waals surface area (Å²) in [5.74, 6) is -1.39. The second-order valence-corrected chi connectivity index (χ2v) is 9.12. The standard InChI is InChI=1S/C27H26N2O7/c1-14(35-17-7-8-19-18-4-2-3-5-20(18)27(34)36-24(19)12-17)25(31)29-23(26(32)33)10-15-13-28-22-9-6-16(30)11-21(15)22/h6-9,11-14,23,28,30H,2-5,10H2,1H3,(H,29,31)(H,32,33)/t14-,23-/m0/s1. The number of hydrogen-bond acceptors (Lipinski definition) is 6. The number of phenolic OH excluding ortho intramolecular Hbond substituents is 1. The number of aromatic amines is 1. The Balaban J connectivity index is 1.31. The normalized spacial score (nSPS) is 14.8. The Morgan fingerprint density at radius 2 is 1.89 bits per heavy atom. The Bertz CT molecular complexity index is 1530. The molecule has 0 bridgehead atoms. The van der Waals surface area contributed by atoms with Gasteiger partial charge < -0.3 is 29.7 Å². The van der Waals surface area contributed by atoms with Gasteiger partial charge in [0.2, 0.25) is 0 Å². The van der Waals surface area contributed by atoms with Gasteiger partial charge in [0.15, 0.2) is 6.10 Å². The van der Waals surface area contributed by atoms with Crippen molar-refractivity contribution in [2.45, 2.75) is 51.2 Å². The summed E-state index contributed by atoms with van der Waals surface area (Å²) in [5, 5.41) is 23.6. The molecule has 186 valence electrons. The van der Waals surface area contributed by atoms with Crippen molar-refractivity contribution in [2.24, 2.45) is 0 Å². The van der Waals surface area contributed by atoms with Crippen LogP contribution in [0.4, 0.5) is 0 Å². The fourth-order valence-corrected chi connectivity index (χ4v) is 4.80. The van der Waals surface area contributed by atoms with Crippen molar-refractivity contribution in [3.63, 3.8) is 0 Å². The lowest BCUT2D eigenvalue weighted by Crippen LogP contribution is -2.47. The molecule has 5 rings (SSSR count). The lowest BCUT2D eigenvalue weighted by molar-refractivity contribution is -0.142. The molecule has 9 nitrogen and oxygen atoms in total. The van der Waals surface area contributed by atoms with E-state index in [1.54, 1.807) is 30.5 Å². The van der Waals surface area contributed by atoms with Gasteiger partial charge in [0.25, 0.3) is 5.91 Å². The maximum atomic E-state index is 12.8. The molecule has 36 heavy (non-hydrogen) atoms. The summed E-state index contributed by atoms with van der Waals surface area (Å²) in [4.78, 5) is 40.1. The van der Waals surface area contributed by atoms with Crippen LogP contribution in [0.5, 0.6) is 11.5 Å². The van der Waals surface area contributed by atoms with Crippen LogP contribution in [0.3, 0.4) is 0 Å². The topological polar surface area (TPSA) is 142 Å². The van der Waals surface area contributed by atoms with Gasteiger partial charge in [0, 0.05) is 40.5 Å². The summed E-state index contributed by atoms with van der Waals surface area (Å²) in [6.07, 6.45) is 4.21. The number of aliphatic carboxylic acids is 1. The van der Waals surface area contributed by atoms with Crippen LogP contribution in [-0.2, 0) is 28.9 Å². The molecule has 9 heteroatoms. The van der Waals surface area contributed by atoms with Gasteiger partial charge in [-0.15, -0.1) is 0 Å². The Morgan fingerprint density at radius 3 is 2.67 bits per heavy atom. The number of ether oxygens (including phenoxy) is 1. The summed E-state index contributed by atoms with van der Waals surface area (Å²) in [5.41, 5.74) is 3.21. The number of carbonyl (C=O) groups excluding carboxylic acids is 1. The van der Waals surface area contributed by atoms with Gasteiger partial charge >= 0.3 is 11.6 Å². The van der Waals surface area contributed by atoms with Crippen molar-refractivity contribution in [1.82, 2.24) is 10.3 Å². The molecular formula is C27H26N2O7. The zero-order valence-electron chi connectivity index (χ0n) is 19.7. The highest BCUT2D eigenvalue weighted by atomic mass is 16.5. The van der Waals surface area contributed by atoms with E-state index in [1.165, 1.54) is 13.0 Å². The molecule has 2 aromatic heterocycles. The molecule has 0 saturated carbocycles. The number of aryl methyl sites for hydroxylation is 1. The van der Waals surface area contributed by atoms with Crippen LogP contribution in [0.1, 0.15) is 36.5 Å². The minimum absolute atomic E-state index is 0.0173. The molecule has 0 radical (unpaired) electrons. The van der Waals surface area contributed by atoms with Crippen LogP contribution >= 0.6 is 0 Å². The van der Waals surface area contributed by atoms with E-state index in [0.29, 0.717) is 28.7 Å². The predicted octanol–water partition coefficient (Wildman–Crippen LogP) is 3.44. The molecule has 2 heterocycles. The van der Waals surface area contributed by atoms with E-state index in [1.807, 2.05) is 6.07 Å². The van der Waals surface area contributed by atoms with Gasteiger partial charge in [-0.05, 0) is 74.1 Å². The molecule has 4 aromatic rings. The van der Waals surface area contributed by atoms with Crippen molar-refractivity contribution >= 4 is 33.7 Å². The fourth-order valence-electron chi connectivity index (χ4n) is 4.80. The molecule has 4 N–H and O–H groups in total. The molecule has 0 saturated heterocycles. The summed E-state index contributed by atoms with van der Waals surface area (Å²) < 4.78 is 11.3. The largest absolute Gasteiger partial charge is 0.508 e. The number of hydrogen-bond donors (Lipinski definition) is 4. The summed E-state index contributed by atoms with van der Waals surface area (Å²) >= 11 is 0. The lowest BCUT2D eigenvalue weighted by atomic mass is 9.91. The lowest BCUT2D eigenvalue weighted by Gasteiger charge is -2.20. The smallest absolute Gasteiger partial charge is 0.339 e. The number of carboxylic acid groups (broad SMARTS) is 1. The zero-order valence-corrected chi connectivity index (χ0v) is 19.7. The number of amides is 1. The molecular weight excluding hydrogens is 464 g/mol. The highest BCUT2D eigenvalue weighted by molar-refractivity contribution is 5.89. The first kappa shape index (κ1) is 23.5. The van der Waals surface area contributed by atoms with Gasteiger partial charge in [0.1, 0.15) is 23.1 Å². The monoisotopic (exact) mass is 490 g/mol. The van der Waals surface area contributed by atoms with Crippen LogP contribution in [-0.4, -0.2) is 39.2 Å². The maximum absolute atomic E-state index is 12.8. The first-order chi connectivity index (χ1) is 17.3. The minimum Gasteiger partial charge on any atom is -0.508 e. The molecule has 0 aliphatic heterocycles. The van der Waals surface area contributed by atoms with Crippen LogP contribution in [0.2, 0.25) is 0 Å². The van der Waals surface area contributed by atoms with Gasteiger partial charge in [-0.2, -0.15) is 0 Å². The number of nitrogens with one attached hydrogen (secondary N) is 2. The summed E-state index contributed by atoms with van der Waals surface area (Å²) in [6, 6.07) is 8.70. The van der Waals surface area contributed by atoms with Crippen LogP contribution in [0.15, 0.2) is 51.8 Å². The highest BCUT2D eigenvalue weighted by Gasteiger charge is 2.26. The van der Waals surface area contributed by atoms with E-state index in [-0.39, 0.29) is 17.8 Å². The highest BCUT2D eigenvalue weighted by Crippen LogP contribution is 2.29. The van der Waals surface area contributed by atoms with Gasteiger partial charge in [-0.3, -0.25) is 4.79 Å². The number of H-pyrrole nitrogens is 1. The zero-order chi connectivity index (χ0) is 25.4. The number of carbonyl (C=O) groups is 2. The molecule has 1 amide bonds. The number of carboxylic acids is 1. The van der Waals surface area contributed by atoms with Crippen molar-refractivity contribution in [2.75, 3.05) is 0 Å². The molecule has 0 unspecified atom stereocenters. The molecule has 0 spiro atoms. The van der Waals surface area contributed by atoms with E-state index < -0.39 is 24.0 Å². The second-order valence-electron chi connectivity index (χ2n) is 9.12. The van der Waals surface area contributed by atoms with E-state index in [4.69, 9.17) is 9.15 Å². The Kier molecular flexibility index (Phi) is 6.13. The van der Waals surface area contributed by atoms with Crippen LogP contribution in [0.25, 0.3) is 21.9 Å². The van der Waals surface area contributed by atoms with Crippen molar-refractivity contribution < 1.29 is 29.0 Å². The van der Waals surface area contributed by atoms with E-state index in [9.17, 15) is 24.6 Å². The Morgan fingerprint density at radius 1 is 1.11 bits per heavy atom. The van der Waals surface area contributed by atoms with Crippen LogP contribution in [0, 0.1) is 0 Å². The predicted molar refractivity (Wildman–Crippen MR) is 132 cm³/mol. The van der Waals surface area contributed by atoms with Crippen molar-refractivity contribution in [3.8, 4) is 11.5 Å². The maximum Gasteiger partial charge on any atom is 0.339 e. The van der Waals surface area contributed by atoms with Gasteiger partial charge in [0.05, 0.1) is 0 Å². The Hall–Kier alpha value is -4.27. The number of rotatable bonds is 7. The Labute approximate surface area is 205 Å². The second kappa shape index (κ2) is 9.41. The van der Waals surface area contributed by atoms with Crippen molar-refractivity contribution in [3.05, 3.63) is 69.7 Å². The molecule has 1 aliphatic rings. The first-order valence-electron chi connectivity index (χ1n) is 11.9. The number of aromatic hydroxyl groups is 1. The molecule has 0 fully saturated rings. The van der Waals surface area contributed by atoms with Gasteiger partial charge in [-0.25, -0.2) is 9.59 Å². The third-order valence-corrected chi connectivity index (χ3v) is 6.67. The summed E-state index contributed by atoms with van der Waals surface area (Å²) in [6.45, 7) is 1.52. The quantitative estimate of drug-likeness (QED) is 0.291. The third-order valence-electron chi connectivity index (χ3n) is 6.67. The molecule has 2 aromatic carbocycles. The average molecular weight is 491 g/mol. The third kappa shape index (κ3) is 4.51. The van der Waals surface area contributed by atoms with E-state index in [2.05, 4.69) is 10.3 Å². The number of aromatic nitrogens is 1. The molecule has 1 aliphatic carbocycles. The summed E-state index contributed by atoms with van der Waals surface area (Å²) in [7, 11) is 0. The fraction of sp³-hybridized carbons (Fsp3) is 0.296.